The van der Waals surface area contributed by atoms with Crippen LogP contribution in [0.1, 0.15) is 22.7 Å². The summed E-state index contributed by atoms with van der Waals surface area (Å²) in [5.74, 6) is -0.210. The van der Waals surface area contributed by atoms with Gasteiger partial charge >= 0.3 is 0 Å². The third kappa shape index (κ3) is 2.19. The number of pyridine rings is 1. The second kappa shape index (κ2) is 5.14. The first-order chi connectivity index (χ1) is 8.65. The van der Waals surface area contributed by atoms with Crippen molar-refractivity contribution >= 4 is 0 Å². The van der Waals surface area contributed by atoms with Crippen molar-refractivity contribution < 1.29 is 9.13 Å². The number of hydrogen-bond donors (Lipinski definition) is 1. The molecule has 0 saturated heterocycles. The van der Waals surface area contributed by atoms with Crippen LogP contribution in [0.4, 0.5) is 4.39 Å². The summed E-state index contributed by atoms with van der Waals surface area (Å²) in [6.07, 6.45) is 3.37. The van der Waals surface area contributed by atoms with E-state index in [0.29, 0.717) is 5.56 Å². The van der Waals surface area contributed by atoms with Crippen LogP contribution in [-0.2, 0) is 0 Å². The average molecular weight is 246 g/mol. The number of halogens is 1. The van der Waals surface area contributed by atoms with Crippen LogP contribution in [0.2, 0.25) is 0 Å². The second-order valence-electron chi connectivity index (χ2n) is 4.07. The van der Waals surface area contributed by atoms with Crippen molar-refractivity contribution in [2.75, 3.05) is 7.11 Å². The number of hydrogen-bond acceptors (Lipinski definition) is 3. The molecule has 1 heterocycles. The third-order valence-electron chi connectivity index (χ3n) is 2.95. The van der Waals surface area contributed by atoms with E-state index in [4.69, 9.17) is 10.5 Å². The molecule has 94 valence electrons. The quantitative estimate of drug-likeness (QED) is 0.905. The number of aromatic nitrogens is 1. The van der Waals surface area contributed by atoms with Crippen molar-refractivity contribution in [2.45, 2.75) is 13.0 Å². The predicted molar refractivity (Wildman–Crippen MR) is 68.0 cm³/mol. The van der Waals surface area contributed by atoms with Crippen molar-refractivity contribution in [1.29, 1.82) is 0 Å². The van der Waals surface area contributed by atoms with Gasteiger partial charge in [-0.1, -0.05) is 12.1 Å². The highest BCUT2D eigenvalue weighted by molar-refractivity contribution is 5.39. The zero-order valence-corrected chi connectivity index (χ0v) is 10.4. The van der Waals surface area contributed by atoms with Gasteiger partial charge in [-0.05, 0) is 30.2 Å². The topological polar surface area (TPSA) is 48.1 Å². The molecule has 2 aromatic rings. The van der Waals surface area contributed by atoms with Crippen molar-refractivity contribution in [1.82, 2.24) is 4.98 Å². The Balaban J connectivity index is 2.47. The summed E-state index contributed by atoms with van der Waals surface area (Å²) >= 11 is 0. The minimum Gasteiger partial charge on any atom is -0.494 e. The van der Waals surface area contributed by atoms with Crippen molar-refractivity contribution in [3.8, 4) is 5.75 Å². The van der Waals surface area contributed by atoms with E-state index in [1.54, 1.807) is 36.7 Å². The molecule has 4 heteroatoms. The van der Waals surface area contributed by atoms with Gasteiger partial charge < -0.3 is 10.5 Å². The summed E-state index contributed by atoms with van der Waals surface area (Å²) in [5, 5.41) is 0. The maximum Gasteiger partial charge on any atom is 0.170 e. The van der Waals surface area contributed by atoms with Crippen molar-refractivity contribution in [3.63, 3.8) is 0 Å². The first kappa shape index (κ1) is 12.5. The Morgan fingerprint density at radius 3 is 2.72 bits per heavy atom. The Morgan fingerprint density at radius 2 is 2.06 bits per heavy atom. The zero-order valence-electron chi connectivity index (χ0n) is 10.4. The summed E-state index contributed by atoms with van der Waals surface area (Å²) in [5.41, 5.74) is 8.33. The molecular formula is C14H15FN2O. The Hall–Kier alpha value is -1.94. The smallest absolute Gasteiger partial charge is 0.170 e. The number of methoxy groups -OCH3 is 1. The number of benzene rings is 1. The highest BCUT2D eigenvalue weighted by atomic mass is 19.1. The van der Waals surface area contributed by atoms with E-state index in [1.165, 1.54) is 7.11 Å². The van der Waals surface area contributed by atoms with Gasteiger partial charge in [-0.3, -0.25) is 4.98 Å². The largest absolute Gasteiger partial charge is 0.494 e. The molecule has 1 unspecified atom stereocenters. The Morgan fingerprint density at radius 1 is 1.28 bits per heavy atom. The van der Waals surface area contributed by atoms with Gasteiger partial charge in [0.15, 0.2) is 11.6 Å². The molecule has 0 spiro atoms. The fourth-order valence-corrected chi connectivity index (χ4v) is 1.93. The molecule has 0 aliphatic rings. The maximum absolute atomic E-state index is 14.1. The number of rotatable bonds is 3. The van der Waals surface area contributed by atoms with E-state index in [-0.39, 0.29) is 5.75 Å². The van der Waals surface area contributed by atoms with Crippen LogP contribution < -0.4 is 10.5 Å². The van der Waals surface area contributed by atoms with E-state index < -0.39 is 11.9 Å². The highest BCUT2D eigenvalue weighted by Gasteiger charge is 2.17. The van der Waals surface area contributed by atoms with Gasteiger partial charge in [-0.15, -0.1) is 0 Å². The lowest BCUT2D eigenvalue weighted by atomic mass is 9.96. The van der Waals surface area contributed by atoms with Gasteiger partial charge in [0.1, 0.15) is 0 Å². The number of aryl methyl sites for hydroxylation is 1. The van der Waals surface area contributed by atoms with E-state index in [1.807, 2.05) is 6.92 Å². The van der Waals surface area contributed by atoms with E-state index in [0.717, 1.165) is 11.1 Å². The lowest BCUT2D eigenvalue weighted by Gasteiger charge is -2.16. The van der Waals surface area contributed by atoms with Crippen LogP contribution in [0.5, 0.6) is 5.75 Å². The summed E-state index contributed by atoms with van der Waals surface area (Å²) in [6.45, 7) is 1.90. The van der Waals surface area contributed by atoms with E-state index in [2.05, 4.69) is 4.98 Å². The molecule has 18 heavy (non-hydrogen) atoms. The minimum absolute atomic E-state index is 0.203. The zero-order chi connectivity index (χ0) is 13.1. The highest BCUT2D eigenvalue weighted by Crippen LogP contribution is 2.28. The fraction of sp³-hybridized carbons (Fsp3) is 0.214. The summed E-state index contributed by atoms with van der Waals surface area (Å²) in [4.78, 5) is 4.00. The van der Waals surface area contributed by atoms with Gasteiger partial charge in [-0.25, -0.2) is 4.39 Å². The molecule has 1 aromatic carbocycles. The van der Waals surface area contributed by atoms with Crippen LogP contribution in [0.15, 0.2) is 36.7 Å². The lowest BCUT2D eigenvalue weighted by molar-refractivity contribution is 0.383. The molecule has 2 N–H and O–H groups in total. The van der Waals surface area contributed by atoms with Crippen LogP contribution >= 0.6 is 0 Å². The normalized spacial score (nSPS) is 12.2. The Kier molecular flexibility index (Phi) is 3.58. The molecular weight excluding hydrogens is 231 g/mol. The van der Waals surface area contributed by atoms with E-state index in [9.17, 15) is 4.39 Å². The molecule has 0 aliphatic carbocycles. The first-order valence-electron chi connectivity index (χ1n) is 5.63. The molecule has 0 bridgehead atoms. The molecule has 1 aromatic heterocycles. The fourth-order valence-electron chi connectivity index (χ4n) is 1.93. The van der Waals surface area contributed by atoms with Gasteiger partial charge in [-0.2, -0.15) is 0 Å². The molecule has 1 atom stereocenters. The Bertz CT molecular complexity index is 557. The van der Waals surface area contributed by atoms with Gasteiger partial charge in [0.25, 0.3) is 0 Å². The molecule has 0 saturated carbocycles. The van der Waals surface area contributed by atoms with Crippen LogP contribution in [0.3, 0.4) is 0 Å². The summed E-state index contributed by atoms with van der Waals surface area (Å²) in [7, 11) is 1.44. The van der Waals surface area contributed by atoms with Gasteiger partial charge in [0.05, 0.1) is 13.2 Å². The lowest BCUT2D eigenvalue weighted by Crippen LogP contribution is -2.15. The van der Waals surface area contributed by atoms with Gasteiger partial charge in [0.2, 0.25) is 0 Å². The number of nitrogens with two attached hydrogens (primary N) is 1. The monoisotopic (exact) mass is 246 g/mol. The molecule has 2 rings (SSSR count). The standard InChI is InChI=1S/C14H15FN2O/c1-9-8-17-7-6-10(9)14(16)11-4-3-5-12(18-2)13(11)15/h3-8,14H,16H2,1-2H3. The predicted octanol–water partition coefficient (Wildman–Crippen LogP) is 2.59. The van der Waals surface area contributed by atoms with Crippen LogP contribution in [0.25, 0.3) is 0 Å². The third-order valence-corrected chi connectivity index (χ3v) is 2.95. The van der Waals surface area contributed by atoms with Crippen molar-refractivity contribution in [3.05, 3.63) is 59.2 Å². The molecule has 0 fully saturated rings. The average Bonchev–Trinajstić information content (AvgIpc) is 2.39. The summed E-state index contributed by atoms with van der Waals surface area (Å²) < 4.78 is 19.1. The number of ether oxygens (including phenoxy) is 1. The van der Waals surface area contributed by atoms with E-state index >= 15 is 0 Å². The van der Waals surface area contributed by atoms with Crippen LogP contribution in [0, 0.1) is 12.7 Å². The Labute approximate surface area is 105 Å². The SMILES string of the molecule is COc1cccc(C(N)c2ccncc2C)c1F. The second-order valence-corrected chi connectivity index (χ2v) is 4.07. The molecule has 0 amide bonds. The molecule has 0 radical (unpaired) electrons. The molecule has 0 aliphatic heterocycles. The van der Waals surface area contributed by atoms with Gasteiger partial charge in [0, 0.05) is 18.0 Å². The maximum atomic E-state index is 14.1. The molecule has 3 nitrogen and oxygen atoms in total. The van der Waals surface area contributed by atoms with Crippen molar-refractivity contribution in [2.24, 2.45) is 5.73 Å². The summed E-state index contributed by atoms with van der Waals surface area (Å²) in [6, 6.07) is 6.25. The number of nitrogens with zero attached hydrogens (tertiary/aromatic N) is 1. The first-order valence-corrected chi connectivity index (χ1v) is 5.63. The van der Waals surface area contributed by atoms with Crippen LogP contribution in [-0.4, -0.2) is 12.1 Å². The minimum atomic E-state index is -0.525.